The molecule has 0 aromatic heterocycles. The number of hydrogen-bond acceptors (Lipinski definition) is 3. The highest BCUT2D eigenvalue weighted by Crippen LogP contribution is 2.34. The molecular weight excluding hydrogens is 328 g/mol. The third-order valence-corrected chi connectivity index (χ3v) is 4.95. The summed E-state index contributed by atoms with van der Waals surface area (Å²) in [5.41, 5.74) is 2.58. The molecule has 26 heavy (non-hydrogen) atoms. The number of methoxy groups -OCH3 is 2. The summed E-state index contributed by atoms with van der Waals surface area (Å²) in [5.74, 6) is 1.31. The first-order chi connectivity index (χ1) is 12.4. The van der Waals surface area contributed by atoms with E-state index in [2.05, 4.69) is 18.3 Å². The van der Waals surface area contributed by atoms with Gasteiger partial charge in [0.1, 0.15) is 0 Å². The van der Waals surface area contributed by atoms with Crippen LogP contribution in [-0.4, -0.2) is 26.3 Å². The minimum absolute atomic E-state index is 0.0952. The molecule has 3 rings (SSSR count). The summed E-state index contributed by atoms with van der Waals surface area (Å²) in [7, 11) is 3.21. The van der Waals surface area contributed by atoms with Crippen LogP contribution in [0.3, 0.4) is 0 Å². The number of nitrogens with zero attached hydrogens (tertiary/aromatic N) is 1. The molecular formula is C21H26N2O3. The number of benzene rings is 2. The second-order valence-corrected chi connectivity index (χ2v) is 7.18. The predicted octanol–water partition coefficient (Wildman–Crippen LogP) is 4.10. The van der Waals surface area contributed by atoms with Crippen LogP contribution in [0.25, 0.3) is 0 Å². The zero-order chi connectivity index (χ0) is 18.9. The van der Waals surface area contributed by atoms with Gasteiger partial charge in [0.05, 0.1) is 19.8 Å². The van der Waals surface area contributed by atoms with Gasteiger partial charge in [0.25, 0.3) is 0 Å². The highest BCUT2D eigenvalue weighted by atomic mass is 16.5. The van der Waals surface area contributed by atoms with Crippen molar-refractivity contribution >= 4 is 11.7 Å². The maximum atomic E-state index is 13.0. The second kappa shape index (κ2) is 6.90. The van der Waals surface area contributed by atoms with Gasteiger partial charge >= 0.3 is 6.03 Å². The monoisotopic (exact) mass is 354 g/mol. The predicted molar refractivity (Wildman–Crippen MR) is 103 cm³/mol. The molecule has 1 unspecified atom stereocenters. The lowest BCUT2D eigenvalue weighted by atomic mass is 9.94. The summed E-state index contributed by atoms with van der Waals surface area (Å²) in [4.78, 5) is 14.9. The highest BCUT2D eigenvalue weighted by Gasteiger charge is 2.34. The zero-order valence-electron chi connectivity index (χ0n) is 16.0. The van der Waals surface area contributed by atoms with Gasteiger partial charge in [-0.15, -0.1) is 0 Å². The molecule has 1 N–H and O–H groups in total. The van der Waals surface area contributed by atoms with Crippen molar-refractivity contribution in [2.45, 2.75) is 38.8 Å². The lowest BCUT2D eigenvalue weighted by Crippen LogP contribution is -2.50. The molecule has 0 fully saturated rings. The Morgan fingerprint density at radius 2 is 1.81 bits per heavy atom. The fourth-order valence-electron chi connectivity index (χ4n) is 3.50. The van der Waals surface area contributed by atoms with Crippen LogP contribution < -0.4 is 19.7 Å². The Hall–Kier alpha value is -2.69. The summed E-state index contributed by atoms with van der Waals surface area (Å²) in [5, 5.41) is 3.17. The average Bonchev–Trinajstić information content (AvgIpc) is 2.96. The normalized spacial score (nSPS) is 16.2. The maximum absolute atomic E-state index is 13.0. The number of carbonyl (C=O) groups excluding carboxylic acids is 1. The number of anilines is 1. The Bertz CT molecular complexity index is 817. The molecule has 2 amide bonds. The molecule has 5 heteroatoms. The number of amides is 2. The number of hydrogen-bond donors (Lipinski definition) is 1. The molecule has 5 nitrogen and oxygen atoms in total. The smallest absolute Gasteiger partial charge is 0.322 e. The van der Waals surface area contributed by atoms with E-state index < -0.39 is 5.54 Å². The third-order valence-electron chi connectivity index (χ3n) is 4.95. The minimum atomic E-state index is -0.562. The van der Waals surface area contributed by atoms with Gasteiger partial charge in [0.15, 0.2) is 11.5 Å². The van der Waals surface area contributed by atoms with Crippen molar-refractivity contribution in [3.8, 4) is 11.5 Å². The van der Waals surface area contributed by atoms with Crippen LogP contribution in [0.1, 0.15) is 31.9 Å². The quantitative estimate of drug-likeness (QED) is 0.899. The van der Waals surface area contributed by atoms with Crippen LogP contribution in [0.5, 0.6) is 11.5 Å². The summed E-state index contributed by atoms with van der Waals surface area (Å²) in [6.45, 7) is 6.04. The van der Waals surface area contributed by atoms with Crippen LogP contribution >= 0.6 is 0 Å². The molecule has 0 radical (unpaired) electrons. The fraction of sp³-hybridized carbons (Fsp3) is 0.381. The van der Waals surface area contributed by atoms with Crippen molar-refractivity contribution < 1.29 is 14.3 Å². The summed E-state index contributed by atoms with van der Waals surface area (Å²) >= 11 is 0. The van der Waals surface area contributed by atoms with E-state index >= 15 is 0 Å². The van der Waals surface area contributed by atoms with Crippen LogP contribution in [0.15, 0.2) is 42.5 Å². The molecule has 0 spiro atoms. The van der Waals surface area contributed by atoms with Gasteiger partial charge in [-0.25, -0.2) is 4.79 Å². The Morgan fingerprint density at radius 1 is 1.12 bits per heavy atom. The Balaban J connectivity index is 1.84. The van der Waals surface area contributed by atoms with Gasteiger partial charge in [0, 0.05) is 11.7 Å². The van der Waals surface area contributed by atoms with E-state index in [4.69, 9.17) is 9.47 Å². The lowest BCUT2D eigenvalue weighted by Gasteiger charge is -2.32. The van der Waals surface area contributed by atoms with Crippen molar-refractivity contribution in [1.82, 2.24) is 5.32 Å². The Kier molecular flexibility index (Phi) is 4.81. The standard InChI is InChI=1S/C21H26N2O3/c1-14-12-15-8-6-7-9-17(15)23(14)20(24)22-21(2,3)16-10-11-18(25-4)19(13-16)26-5/h6-11,13-14H,12H2,1-5H3,(H,22,24). The van der Waals surface area contributed by atoms with Gasteiger partial charge in [0.2, 0.25) is 0 Å². The first-order valence-corrected chi connectivity index (χ1v) is 8.79. The van der Waals surface area contributed by atoms with E-state index in [-0.39, 0.29) is 12.1 Å². The fourth-order valence-corrected chi connectivity index (χ4v) is 3.50. The first-order valence-electron chi connectivity index (χ1n) is 8.79. The molecule has 0 aliphatic carbocycles. The molecule has 0 bridgehead atoms. The molecule has 138 valence electrons. The summed E-state index contributed by atoms with van der Waals surface area (Å²) in [6, 6.07) is 13.8. The molecule has 2 aromatic carbocycles. The molecule has 2 aromatic rings. The molecule has 0 saturated heterocycles. The van der Waals surface area contributed by atoms with Gasteiger partial charge in [-0.3, -0.25) is 4.90 Å². The van der Waals surface area contributed by atoms with Crippen molar-refractivity contribution in [1.29, 1.82) is 0 Å². The van der Waals surface area contributed by atoms with Crippen LogP contribution in [0, 0.1) is 0 Å². The number of carbonyl (C=O) groups is 1. The van der Waals surface area contributed by atoms with E-state index in [1.807, 2.05) is 55.1 Å². The van der Waals surface area contributed by atoms with Crippen LogP contribution in [-0.2, 0) is 12.0 Å². The second-order valence-electron chi connectivity index (χ2n) is 7.18. The van der Waals surface area contributed by atoms with E-state index in [1.54, 1.807) is 14.2 Å². The van der Waals surface area contributed by atoms with Crippen LogP contribution in [0.4, 0.5) is 10.5 Å². The van der Waals surface area contributed by atoms with E-state index in [0.717, 1.165) is 17.7 Å². The van der Waals surface area contributed by atoms with Gasteiger partial charge in [-0.2, -0.15) is 0 Å². The largest absolute Gasteiger partial charge is 0.493 e. The SMILES string of the molecule is COc1ccc(C(C)(C)NC(=O)N2c3ccccc3CC2C)cc1OC. The van der Waals surface area contributed by atoms with Gasteiger partial charge in [-0.1, -0.05) is 24.3 Å². The number of ether oxygens (including phenoxy) is 2. The molecule has 1 aliphatic heterocycles. The number of urea groups is 1. The molecule has 1 heterocycles. The molecule has 1 aliphatic rings. The molecule has 1 atom stereocenters. The number of nitrogens with one attached hydrogen (secondary N) is 1. The number of fused-ring (bicyclic) bond motifs is 1. The zero-order valence-corrected chi connectivity index (χ0v) is 16.0. The Labute approximate surface area is 154 Å². The van der Waals surface area contributed by atoms with E-state index in [1.165, 1.54) is 5.56 Å². The first kappa shape index (κ1) is 18.1. The van der Waals surface area contributed by atoms with E-state index in [0.29, 0.717) is 11.5 Å². The number of para-hydroxylation sites is 1. The summed E-state index contributed by atoms with van der Waals surface area (Å²) < 4.78 is 10.7. The lowest BCUT2D eigenvalue weighted by molar-refractivity contribution is 0.234. The Morgan fingerprint density at radius 3 is 2.50 bits per heavy atom. The molecule has 0 saturated carbocycles. The van der Waals surface area contributed by atoms with Crippen LogP contribution in [0.2, 0.25) is 0 Å². The van der Waals surface area contributed by atoms with Crippen molar-refractivity contribution in [2.24, 2.45) is 0 Å². The van der Waals surface area contributed by atoms with Crippen molar-refractivity contribution in [3.05, 3.63) is 53.6 Å². The van der Waals surface area contributed by atoms with Gasteiger partial charge in [-0.05, 0) is 56.5 Å². The third kappa shape index (κ3) is 3.21. The average molecular weight is 354 g/mol. The minimum Gasteiger partial charge on any atom is -0.493 e. The van der Waals surface area contributed by atoms with E-state index in [9.17, 15) is 4.79 Å². The highest BCUT2D eigenvalue weighted by molar-refractivity contribution is 5.95. The van der Waals surface area contributed by atoms with Crippen molar-refractivity contribution in [2.75, 3.05) is 19.1 Å². The summed E-state index contributed by atoms with van der Waals surface area (Å²) in [6.07, 6.45) is 0.875. The van der Waals surface area contributed by atoms with Gasteiger partial charge < -0.3 is 14.8 Å². The number of rotatable bonds is 4. The van der Waals surface area contributed by atoms with Crippen molar-refractivity contribution in [3.63, 3.8) is 0 Å². The maximum Gasteiger partial charge on any atom is 0.322 e. The topological polar surface area (TPSA) is 50.8 Å².